The maximum absolute atomic E-state index is 13.0. The molecule has 136 valence electrons. The molecule has 2 aromatic rings. The van der Waals surface area contributed by atoms with Crippen LogP contribution in [0.15, 0.2) is 54.6 Å². The lowest BCUT2D eigenvalue weighted by atomic mass is 10.1. The summed E-state index contributed by atoms with van der Waals surface area (Å²) in [7, 11) is 0. The number of esters is 1. The van der Waals surface area contributed by atoms with E-state index >= 15 is 0 Å². The Hall–Kier alpha value is -2.11. The van der Waals surface area contributed by atoms with E-state index in [1.165, 1.54) is 24.3 Å². The van der Waals surface area contributed by atoms with Crippen LogP contribution in [0.3, 0.4) is 0 Å². The summed E-state index contributed by atoms with van der Waals surface area (Å²) < 4.78 is 17.3. The van der Waals surface area contributed by atoms with Gasteiger partial charge in [0, 0.05) is 17.7 Å². The number of halogens is 3. The first-order chi connectivity index (χ1) is 12.2. The Morgan fingerprint density at radius 2 is 1.69 bits per heavy atom. The minimum Gasteiger partial charge on any atom is -0.447 e. The van der Waals surface area contributed by atoms with Gasteiger partial charge in [-0.25, -0.2) is 4.39 Å². The van der Waals surface area contributed by atoms with Crippen molar-refractivity contribution in [3.8, 4) is 0 Å². The molecule has 0 aromatic heterocycles. The molecule has 26 heavy (non-hydrogen) atoms. The van der Waals surface area contributed by atoms with E-state index < -0.39 is 33.5 Å². The van der Waals surface area contributed by atoms with E-state index in [1.54, 1.807) is 37.3 Å². The largest absolute Gasteiger partial charge is 0.447 e. The van der Waals surface area contributed by atoms with Gasteiger partial charge in [-0.2, -0.15) is 0 Å². The molecular formula is C19H16Cl2FNO3. The fourth-order valence-corrected chi connectivity index (χ4v) is 3.19. The standard InChI is InChI=1S/C19H16Cl2FNO3/c1-18(11-19(18,20)21)17(25)26-15(12-5-3-2-4-6-12)16(24)23-14-9-7-13(22)8-10-14/h2-10,15H,11H2,1H3,(H,23,24)/t15-,18-/m1/s1. The van der Waals surface area contributed by atoms with Crippen LogP contribution in [-0.2, 0) is 14.3 Å². The van der Waals surface area contributed by atoms with Gasteiger partial charge in [-0.05, 0) is 31.2 Å². The fraction of sp³-hybridized carbons (Fsp3) is 0.263. The van der Waals surface area contributed by atoms with Gasteiger partial charge < -0.3 is 10.1 Å². The summed E-state index contributed by atoms with van der Waals surface area (Å²) >= 11 is 12.1. The smallest absolute Gasteiger partial charge is 0.316 e. The van der Waals surface area contributed by atoms with E-state index in [-0.39, 0.29) is 6.42 Å². The first kappa shape index (κ1) is 18.7. The van der Waals surface area contributed by atoms with Crippen molar-refractivity contribution in [2.75, 3.05) is 5.32 Å². The molecule has 0 aliphatic heterocycles. The van der Waals surface area contributed by atoms with Crippen molar-refractivity contribution >= 4 is 40.8 Å². The third-order valence-electron chi connectivity index (χ3n) is 4.39. The van der Waals surface area contributed by atoms with Crippen molar-refractivity contribution in [2.45, 2.75) is 23.8 Å². The summed E-state index contributed by atoms with van der Waals surface area (Å²) in [5.74, 6) is -1.63. The maximum atomic E-state index is 13.0. The normalized spacial score (nSPS) is 21.5. The monoisotopic (exact) mass is 395 g/mol. The Labute approximate surface area is 160 Å². The molecule has 1 saturated carbocycles. The summed E-state index contributed by atoms with van der Waals surface area (Å²) in [6.07, 6.45) is -0.932. The van der Waals surface area contributed by atoms with Gasteiger partial charge in [0.2, 0.25) is 6.10 Å². The summed E-state index contributed by atoms with van der Waals surface area (Å²) in [6, 6.07) is 13.9. The molecule has 1 N–H and O–H groups in total. The molecule has 1 aliphatic rings. The van der Waals surface area contributed by atoms with Gasteiger partial charge in [-0.15, -0.1) is 23.2 Å². The molecule has 0 heterocycles. The number of carbonyl (C=O) groups excluding carboxylic acids is 2. The Morgan fingerprint density at radius 3 is 2.23 bits per heavy atom. The van der Waals surface area contributed by atoms with Crippen LogP contribution < -0.4 is 5.32 Å². The summed E-state index contributed by atoms with van der Waals surface area (Å²) in [5, 5.41) is 2.62. The number of alkyl halides is 2. The molecule has 0 saturated heterocycles. The van der Waals surface area contributed by atoms with E-state index in [0.29, 0.717) is 11.3 Å². The fourth-order valence-electron chi connectivity index (χ4n) is 2.50. The topological polar surface area (TPSA) is 55.4 Å². The number of nitrogens with one attached hydrogen (secondary N) is 1. The molecule has 3 rings (SSSR count). The van der Waals surface area contributed by atoms with Gasteiger partial charge in [-0.1, -0.05) is 30.3 Å². The third-order valence-corrected chi connectivity index (χ3v) is 5.49. The Kier molecular flexibility index (Phi) is 4.95. The SMILES string of the molecule is C[C@]1(C(=O)O[C@@H](C(=O)Nc2ccc(F)cc2)c2ccccc2)CC1(Cl)Cl. The van der Waals surface area contributed by atoms with E-state index in [4.69, 9.17) is 27.9 Å². The van der Waals surface area contributed by atoms with Gasteiger partial charge in [0.15, 0.2) is 0 Å². The number of anilines is 1. The van der Waals surface area contributed by atoms with Gasteiger partial charge in [-0.3, -0.25) is 9.59 Å². The number of amides is 1. The van der Waals surface area contributed by atoms with Crippen molar-refractivity contribution in [1.82, 2.24) is 0 Å². The molecule has 0 spiro atoms. The number of hydrogen-bond acceptors (Lipinski definition) is 3. The van der Waals surface area contributed by atoms with E-state index in [1.807, 2.05) is 0 Å². The Bertz CT molecular complexity index is 826. The minimum absolute atomic E-state index is 0.253. The highest BCUT2D eigenvalue weighted by molar-refractivity contribution is 6.53. The van der Waals surface area contributed by atoms with Crippen LogP contribution in [0.1, 0.15) is 25.0 Å². The maximum Gasteiger partial charge on any atom is 0.316 e. The molecule has 0 bridgehead atoms. The first-order valence-corrected chi connectivity index (χ1v) is 8.69. The molecule has 7 heteroatoms. The van der Waals surface area contributed by atoms with Crippen LogP contribution in [0.4, 0.5) is 10.1 Å². The summed E-state index contributed by atoms with van der Waals surface area (Å²) in [4.78, 5) is 25.2. The average molecular weight is 396 g/mol. The van der Waals surface area contributed by atoms with Crippen molar-refractivity contribution < 1.29 is 18.7 Å². The highest BCUT2D eigenvalue weighted by atomic mass is 35.5. The molecule has 0 unspecified atom stereocenters. The number of benzene rings is 2. The van der Waals surface area contributed by atoms with E-state index in [0.717, 1.165) is 0 Å². The van der Waals surface area contributed by atoms with Crippen molar-refractivity contribution in [1.29, 1.82) is 0 Å². The van der Waals surface area contributed by atoms with Gasteiger partial charge >= 0.3 is 5.97 Å². The van der Waals surface area contributed by atoms with Crippen LogP contribution in [0.2, 0.25) is 0 Å². The molecule has 1 amide bonds. The quantitative estimate of drug-likeness (QED) is 0.592. The lowest BCUT2D eigenvalue weighted by molar-refractivity contribution is -0.159. The zero-order valence-electron chi connectivity index (χ0n) is 13.8. The molecular weight excluding hydrogens is 380 g/mol. The number of carbonyl (C=O) groups is 2. The average Bonchev–Trinajstić information content (AvgIpc) is 3.14. The highest BCUT2D eigenvalue weighted by Crippen LogP contribution is 2.64. The predicted octanol–water partition coefficient (Wildman–Crippen LogP) is 4.63. The van der Waals surface area contributed by atoms with Crippen molar-refractivity contribution in [3.63, 3.8) is 0 Å². The van der Waals surface area contributed by atoms with Crippen molar-refractivity contribution in [3.05, 3.63) is 66.0 Å². The number of ether oxygens (including phenoxy) is 1. The highest BCUT2D eigenvalue weighted by Gasteiger charge is 2.69. The van der Waals surface area contributed by atoms with Gasteiger partial charge in [0.25, 0.3) is 5.91 Å². The number of hydrogen-bond donors (Lipinski definition) is 1. The second-order valence-electron chi connectivity index (χ2n) is 6.41. The zero-order chi connectivity index (χ0) is 18.9. The van der Waals surface area contributed by atoms with Crippen LogP contribution in [0.5, 0.6) is 0 Å². The second kappa shape index (κ2) is 6.89. The summed E-state index contributed by atoms with van der Waals surface area (Å²) in [5.41, 5.74) is -0.172. The van der Waals surface area contributed by atoms with Crippen LogP contribution in [0.25, 0.3) is 0 Å². The molecule has 2 atom stereocenters. The van der Waals surface area contributed by atoms with Crippen molar-refractivity contribution in [2.24, 2.45) is 5.41 Å². The lowest BCUT2D eigenvalue weighted by Crippen LogP contribution is -2.30. The molecule has 1 aliphatic carbocycles. The molecule has 0 radical (unpaired) electrons. The lowest BCUT2D eigenvalue weighted by Gasteiger charge is -2.20. The molecule has 2 aromatic carbocycles. The first-order valence-electron chi connectivity index (χ1n) is 7.93. The number of rotatable bonds is 5. The summed E-state index contributed by atoms with van der Waals surface area (Å²) in [6.45, 7) is 1.59. The molecule has 4 nitrogen and oxygen atoms in total. The Balaban J connectivity index is 1.81. The van der Waals surface area contributed by atoms with E-state index in [2.05, 4.69) is 5.32 Å². The predicted molar refractivity (Wildman–Crippen MR) is 97.5 cm³/mol. The third kappa shape index (κ3) is 3.69. The second-order valence-corrected chi connectivity index (χ2v) is 7.89. The van der Waals surface area contributed by atoms with Crippen LogP contribution in [-0.4, -0.2) is 16.2 Å². The van der Waals surface area contributed by atoms with Gasteiger partial charge in [0.1, 0.15) is 15.6 Å². The van der Waals surface area contributed by atoms with Crippen LogP contribution in [0, 0.1) is 11.2 Å². The van der Waals surface area contributed by atoms with E-state index in [9.17, 15) is 14.0 Å². The van der Waals surface area contributed by atoms with Crippen LogP contribution >= 0.6 is 23.2 Å². The van der Waals surface area contributed by atoms with Gasteiger partial charge in [0.05, 0.1) is 0 Å². The zero-order valence-corrected chi connectivity index (χ0v) is 15.4. The Morgan fingerprint density at radius 1 is 1.12 bits per heavy atom. The minimum atomic E-state index is -1.20. The molecule has 1 fully saturated rings.